The van der Waals surface area contributed by atoms with Crippen LogP contribution in [0.3, 0.4) is 0 Å². The molecule has 1 aliphatic rings. The van der Waals surface area contributed by atoms with Crippen LogP contribution in [0.5, 0.6) is 0 Å². The van der Waals surface area contributed by atoms with Crippen LogP contribution in [0, 0.1) is 6.92 Å². The van der Waals surface area contributed by atoms with Crippen molar-refractivity contribution in [2.75, 3.05) is 0 Å². The Balaban J connectivity index is 1.49. The second-order valence-electron chi connectivity index (χ2n) is 7.08. The fraction of sp³-hybridized carbons (Fsp3) is 0.238. The molecule has 0 saturated heterocycles. The molecule has 6 nitrogen and oxygen atoms in total. The zero-order valence-electron chi connectivity index (χ0n) is 15.7. The van der Waals surface area contributed by atoms with Crippen LogP contribution in [-0.2, 0) is 5.75 Å². The quantitative estimate of drug-likeness (QED) is 0.384. The van der Waals surface area contributed by atoms with Gasteiger partial charge in [-0.1, -0.05) is 35.5 Å². The standard InChI is InChI=1S/C21H18ClN5OS/c1-13-3-2-4-17(11-13)27-19(14-7-9-16(22)10-8-14)24-26-21(27)29-12-18-23-25-20(28-18)15-5-6-15/h2-4,7-11,15H,5-6,12H2,1H3. The van der Waals surface area contributed by atoms with E-state index in [1.807, 2.05) is 30.3 Å². The zero-order chi connectivity index (χ0) is 19.8. The van der Waals surface area contributed by atoms with Crippen molar-refractivity contribution in [2.45, 2.75) is 36.6 Å². The number of rotatable bonds is 6. The first-order valence-corrected chi connectivity index (χ1v) is 10.8. The van der Waals surface area contributed by atoms with Gasteiger partial charge in [-0.3, -0.25) is 4.57 Å². The molecule has 1 saturated carbocycles. The van der Waals surface area contributed by atoms with Crippen LogP contribution >= 0.6 is 23.4 Å². The van der Waals surface area contributed by atoms with Gasteiger partial charge in [0.15, 0.2) is 11.0 Å². The van der Waals surface area contributed by atoms with Crippen molar-refractivity contribution in [1.82, 2.24) is 25.0 Å². The van der Waals surface area contributed by atoms with Crippen molar-refractivity contribution >= 4 is 23.4 Å². The van der Waals surface area contributed by atoms with Gasteiger partial charge in [-0.2, -0.15) is 0 Å². The van der Waals surface area contributed by atoms with Crippen LogP contribution in [-0.4, -0.2) is 25.0 Å². The molecule has 0 atom stereocenters. The number of benzene rings is 2. The Kier molecular flexibility index (Phi) is 4.85. The van der Waals surface area contributed by atoms with Gasteiger partial charge in [0.05, 0.1) is 5.75 Å². The molecule has 4 aromatic rings. The molecule has 0 aliphatic heterocycles. The lowest BCUT2D eigenvalue weighted by molar-refractivity contribution is 0.466. The normalized spacial score (nSPS) is 13.7. The van der Waals surface area contributed by atoms with Gasteiger partial charge in [0.2, 0.25) is 11.8 Å². The maximum absolute atomic E-state index is 6.06. The number of aryl methyl sites for hydroxylation is 1. The topological polar surface area (TPSA) is 69.6 Å². The molecule has 0 radical (unpaired) electrons. The molecule has 0 spiro atoms. The highest BCUT2D eigenvalue weighted by Gasteiger charge is 2.29. The molecule has 0 N–H and O–H groups in total. The summed E-state index contributed by atoms with van der Waals surface area (Å²) in [6.45, 7) is 2.07. The third-order valence-electron chi connectivity index (χ3n) is 4.73. The number of hydrogen-bond acceptors (Lipinski definition) is 6. The predicted molar refractivity (Wildman–Crippen MR) is 112 cm³/mol. The fourth-order valence-electron chi connectivity index (χ4n) is 3.10. The van der Waals surface area contributed by atoms with Gasteiger partial charge >= 0.3 is 0 Å². The summed E-state index contributed by atoms with van der Waals surface area (Å²) in [7, 11) is 0. The molecule has 8 heteroatoms. The molecule has 29 heavy (non-hydrogen) atoms. The second kappa shape index (κ2) is 7.65. The van der Waals surface area contributed by atoms with E-state index >= 15 is 0 Å². The third kappa shape index (κ3) is 3.93. The molecule has 5 rings (SSSR count). The fourth-order valence-corrected chi connectivity index (χ4v) is 4.01. The molecule has 2 heterocycles. The van der Waals surface area contributed by atoms with Gasteiger partial charge in [-0.05, 0) is 61.7 Å². The van der Waals surface area contributed by atoms with E-state index in [1.54, 1.807) is 0 Å². The highest BCUT2D eigenvalue weighted by Crippen LogP contribution is 2.39. The monoisotopic (exact) mass is 423 g/mol. The van der Waals surface area contributed by atoms with E-state index in [-0.39, 0.29) is 0 Å². The maximum atomic E-state index is 6.06. The molecule has 0 bridgehead atoms. The smallest absolute Gasteiger partial charge is 0.226 e. The zero-order valence-corrected chi connectivity index (χ0v) is 17.3. The van der Waals surface area contributed by atoms with Crippen LogP contribution in [0.4, 0.5) is 0 Å². The molecule has 1 fully saturated rings. The summed E-state index contributed by atoms with van der Waals surface area (Å²) in [6, 6.07) is 15.9. The Morgan fingerprint density at radius 2 is 1.90 bits per heavy atom. The Bertz CT molecular complexity index is 1150. The minimum Gasteiger partial charge on any atom is -0.424 e. The van der Waals surface area contributed by atoms with Crippen LogP contribution in [0.15, 0.2) is 58.1 Å². The molecule has 2 aromatic carbocycles. The number of hydrogen-bond donors (Lipinski definition) is 0. The predicted octanol–water partition coefficient (Wildman–Crippen LogP) is 5.45. The molecule has 0 amide bonds. The van der Waals surface area contributed by atoms with Gasteiger partial charge in [-0.15, -0.1) is 20.4 Å². The van der Waals surface area contributed by atoms with E-state index in [0.717, 1.165) is 41.0 Å². The summed E-state index contributed by atoms with van der Waals surface area (Å²) in [4.78, 5) is 0. The summed E-state index contributed by atoms with van der Waals surface area (Å²) in [5.41, 5.74) is 3.12. The Morgan fingerprint density at radius 1 is 1.07 bits per heavy atom. The van der Waals surface area contributed by atoms with Crippen molar-refractivity contribution in [3.8, 4) is 17.1 Å². The van der Waals surface area contributed by atoms with Crippen LogP contribution < -0.4 is 0 Å². The van der Waals surface area contributed by atoms with Gasteiger partial charge in [0.1, 0.15) is 0 Å². The lowest BCUT2D eigenvalue weighted by Crippen LogP contribution is -2.00. The minimum atomic E-state index is 0.453. The van der Waals surface area contributed by atoms with E-state index < -0.39 is 0 Å². The number of thioether (sulfide) groups is 1. The lowest BCUT2D eigenvalue weighted by Gasteiger charge is -2.11. The second-order valence-corrected chi connectivity index (χ2v) is 8.46. The van der Waals surface area contributed by atoms with Crippen molar-refractivity contribution in [2.24, 2.45) is 0 Å². The van der Waals surface area contributed by atoms with Gasteiger partial charge in [-0.25, -0.2) is 0 Å². The number of nitrogens with zero attached hydrogens (tertiary/aromatic N) is 5. The van der Waals surface area contributed by atoms with Gasteiger partial charge in [0.25, 0.3) is 0 Å². The first-order chi connectivity index (χ1) is 14.2. The van der Waals surface area contributed by atoms with Crippen molar-refractivity contribution in [1.29, 1.82) is 0 Å². The van der Waals surface area contributed by atoms with E-state index in [1.165, 1.54) is 17.3 Å². The SMILES string of the molecule is Cc1cccc(-n2c(SCc3nnc(C4CC4)o3)nnc2-c2ccc(Cl)cc2)c1. The Morgan fingerprint density at radius 3 is 2.66 bits per heavy atom. The molecular weight excluding hydrogens is 406 g/mol. The summed E-state index contributed by atoms with van der Waals surface area (Å²) in [6.07, 6.45) is 2.28. The van der Waals surface area contributed by atoms with Crippen molar-refractivity contribution < 1.29 is 4.42 Å². The number of aromatic nitrogens is 5. The Hall–Kier alpha value is -2.64. The van der Waals surface area contributed by atoms with Crippen LogP contribution in [0.1, 0.15) is 36.1 Å². The average Bonchev–Trinajstić information content (AvgIpc) is 3.31. The van der Waals surface area contributed by atoms with Gasteiger partial charge in [0, 0.05) is 22.2 Å². The van der Waals surface area contributed by atoms with Gasteiger partial charge < -0.3 is 4.42 Å². The third-order valence-corrected chi connectivity index (χ3v) is 5.90. The summed E-state index contributed by atoms with van der Waals surface area (Å²) in [5.74, 6) is 3.13. The van der Waals surface area contributed by atoms with E-state index in [9.17, 15) is 0 Å². The average molecular weight is 424 g/mol. The molecular formula is C21H18ClN5OS. The summed E-state index contributed by atoms with van der Waals surface area (Å²) in [5, 5.41) is 18.7. The minimum absolute atomic E-state index is 0.453. The number of halogens is 1. The summed E-state index contributed by atoms with van der Waals surface area (Å²) < 4.78 is 7.84. The molecule has 0 unspecified atom stereocenters. The maximum Gasteiger partial charge on any atom is 0.226 e. The first-order valence-electron chi connectivity index (χ1n) is 9.41. The molecule has 146 valence electrons. The molecule has 1 aliphatic carbocycles. The van der Waals surface area contributed by atoms with E-state index in [0.29, 0.717) is 22.6 Å². The van der Waals surface area contributed by atoms with Crippen molar-refractivity contribution in [3.63, 3.8) is 0 Å². The highest BCUT2D eigenvalue weighted by molar-refractivity contribution is 7.98. The van der Waals surface area contributed by atoms with Crippen LogP contribution in [0.2, 0.25) is 5.02 Å². The molecule has 2 aromatic heterocycles. The van der Waals surface area contributed by atoms with Crippen molar-refractivity contribution in [3.05, 3.63) is 70.9 Å². The summed E-state index contributed by atoms with van der Waals surface area (Å²) >= 11 is 7.59. The first kappa shape index (κ1) is 18.4. The largest absolute Gasteiger partial charge is 0.424 e. The lowest BCUT2D eigenvalue weighted by atomic mass is 10.2. The van der Waals surface area contributed by atoms with Crippen LogP contribution in [0.25, 0.3) is 17.1 Å². The van der Waals surface area contributed by atoms with E-state index in [4.69, 9.17) is 16.0 Å². The Labute approximate surface area is 177 Å². The highest BCUT2D eigenvalue weighted by atomic mass is 35.5. The van der Waals surface area contributed by atoms with E-state index in [2.05, 4.69) is 50.1 Å².